The maximum absolute atomic E-state index is 12.1. The average molecular weight is 389 g/mol. The smallest absolute Gasteiger partial charge is 0.269 e. The second-order valence-corrected chi connectivity index (χ2v) is 6.58. The Bertz CT molecular complexity index is 943. The van der Waals surface area contributed by atoms with E-state index in [9.17, 15) is 14.9 Å². The molecule has 0 radical (unpaired) electrons. The molecule has 1 N–H and O–H groups in total. The molecule has 132 valence electrons. The third-order valence-corrected chi connectivity index (χ3v) is 4.59. The van der Waals surface area contributed by atoms with Gasteiger partial charge in [0.2, 0.25) is 5.91 Å². The first kappa shape index (κ1) is 18.0. The van der Waals surface area contributed by atoms with Gasteiger partial charge in [-0.15, -0.1) is 0 Å². The maximum atomic E-state index is 12.1. The highest BCUT2D eigenvalue weighted by Crippen LogP contribution is 2.23. The van der Waals surface area contributed by atoms with E-state index in [1.807, 2.05) is 22.8 Å². The highest BCUT2D eigenvalue weighted by atomic mass is 35.5. The quantitative estimate of drug-likeness (QED) is 0.389. The molecule has 0 aliphatic rings. The van der Waals surface area contributed by atoms with Crippen molar-refractivity contribution in [1.82, 2.24) is 9.55 Å². The fourth-order valence-corrected chi connectivity index (χ4v) is 3.17. The van der Waals surface area contributed by atoms with Crippen molar-refractivity contribution in [3.63, 3.8) is 0 Å². The summed E-state index contributed by atoms with van der Waals surface area (Å²) in [6.07, 6.45) is 3.44. The van der Waals surface area contributed by atoms with Crippen molar-refractivity contribution in [3.8, 4) is 5.69 Å². The number of nitro benzene ring substituents is 1. The molecule has 1 heterocycles. The SMILES string of the molecule is O=C(CSc1nccn1-c1cccc(Cl)c1)Nc1ccc([N+](=O)[O-])cc1. The fraction of sp³-hybridized carbons (Fsp3) is 0.0588. The maximum Gasteiger partial charge on any atom is 0.269 e. The second-order valence-electron chi connectivity index (χ2n) is 5.20. The monoisotopic (exact) mass is 388 g/mol. The van der Waals surface area contributed by atoms with Crippen molar-refractivity contribution in [1.29, 1.82) is 0 Å². The summed E-state index contributed by atoms with van der Waals surface area (Å²) >= 11 is 7.29. The van der Waals surface area contributed by atoms with E-state index in [0.29, 0.717) is 15.9 Å². The third kappa shape index (κ3) is 4.41. The number of nitrogens with one attached hydrogen (secondary N) is 1. The predicted octanol–water partition coefficient (Wildman–Crippen LogP) is 4.16. The Hall–Kier alpha value is -2.84. The zero-order valence-corrected chi connectivity index (χ0v) is 14.9. The van der Waals surface area contributed by atoms with Gasteiger partial charge in [-0.25, -0.2) is 4.98 Å². The van der Waals surface area contributed by atoms with Crippen LogP contribution in [0.25, 0.3) is 5.69 Å². The molecule has 0 saturated carbocycles. The molecule has 0 bridgehead atoms. The molecule has 1 aromatic heterocycles. The fourth-order valence-electron chi connectivity index (χ4n) is 2.21. The van der Waals surface area contributed by atoms with Crippen molar-refractivity contribution in [2.45, 2.75) is 5.16 Å². The number of amides is 1. The minimum absolute atomic E-state index is 0.0269. The van der Waals surface area contributed by atoms with E-state index in [1.165, 1.54) is 36.0 Å². The first-order chi connectivity index (χ1) is 12.5. The number of nitro groups is 1. The molecule has 2 aromatic carbocycles. The number of nitrogens with zero attached hydrogens (tertiary/aromatic N) is 3. The standard InChI is InChI=1S/C17H13ClN4O3S/c18-12-2-1-3-15(10-12)21-9-8-19-17(21)26-11-16(23)20-13-4-6-14(7-5-13)22(24)25/h1-10H,11H2,(H,20,23). The molecular weight excluding hydrogens is 376 g/mol. The molecule has 1 amide bonds. The van der Waals surface area contributed by atoms with Crippen LogP contribution in [0.3, 0.4) is 0 Å². The normalized spacial score (nSPS) is 10.5. The molecule has 0 unspecified atom stereocenters. The molecule has 0 aliphatic carbocycles. The van der Waals surface area contributed by atoms with Crippen molar-refractivity contribution in [3.05, 3.63) is 76.1 Å². The summed E-state index contributed by atoms with van der Waals surface area (Å²) in [4.78, 5) is 26.5. The number of benzene rings is 2. The number of rotatable bonds is 6. The summed E-state index contributed by atoms with van der Waals surface area (Å²) in [5.74, 6) is -0.0846. The Kier molecular flexibility index (Phi) is 5.55. The second kappa shape index (κ2) is 8.03. The van der Waals surface area contributed by atoms with Gasteiger partial charge in [-0.1, -0.05) is 29.4 Å². The van der Waals surface area contributed by atoms with Gasteiger partial charge in [-0.3, -0.25) is 19.5 Å². The van der Waals surface area contributed by atoms with E-state index in [4.69, 9.17) is 11.6 Å². The molecule has 9 heteroatoms. The summed E-state index contributed by atoms with van der Waals surface area (Å²) < 4.78 is 1.84. The number of aromatic nitrogens is 2. The third-order valence-electron chi connectivity index (χ3n) is 3.39. The number of hydrogen-bond donors (Lipinski definition) is 1. The lowest BCUT2D eigenvalue weighted by Crippen LogP contribution is -2.14. The summed E-state index contributed by atoms with van der Waals surface area (Å²) in [6.45, 7) is 0. The molecule has 0 atom stereocenters. The molecule has 3 aromatic rings. The zero-order valence-electron chi connectivity index (χ0n) is 13.3. The summed E-state index contributed by atoms with van der Waals surface area (Å²) in [5, 5.41) is 14.6. The number of anilines is 1. The number of carbonyl (C=O) groups excluding carboxylic acids is 1. The number of halogens is 1. The lowest BCUT2D eigenvalue weighted by atomic mass is 10.3. The van der Waals surface area contributed by atoms with Crippen molar-refractivity contribution in [2.24, 2.45) is 0 Å². The van der Waals surface area contributed by atoms with Crippen LogP contribution in [0, 0.1) is 10.1 Å². The Labute approximate surface area is 158 Å². The Morgan fingerprint density at radius 2 is 2.04 bits per heavy atom. The van der Waals surface area contributed by atoms with Gasteiger partial charge in [0, 0.05) is 40.9 Å². The van der Waals surface area contributed by atoms with Gasteiger partial charge in [0.1, 0.15) is 0 Å². The van der Waals surface area contributed by atoms with Crippen LogP contribution in [0.15, 0.2) is 66.1 Å². The first-order valence-electron chi connectivity index (χ1n) is 7.49. The molecule has 0 fully saturated rings. The van der Waals surface area contributed by atoms with Crippen LogP contribution < -0.4 is 5.32 Å². The van der Waals surface area contributed by atoms with Crippen LogP contribution in [-0.4, -0.2) is 26.1 Å². The van der Waals surface area contributed by atoms with E-state index in [-0.39, 0.29) is 17.3 Å². The van der Waals surface area contributed by atoms with Crippen LogP contribution in [-0.2, 0) is 4.79 Å². The van der Waals surface area contributed by atoms with Gasteiger partial charge in [0.25, 0.3) is 5.69 Å². The lowest BCUT2D eigenvalue weighted by Gasteiger charge is -2.08. The van der Waals surface area contributed by atoms with Crippen molar-refractivity contribution < 1.29 is 9.72 Å². The minimum Gasteiger partial charge on any atom is -0.325 e. The number of imidazole rings is 1. The molecule has 7 nitrogen and oxygen atoms in total. The number of carbonyl (C=O) groups is 1. The molecule has 0 saturated heterocycles. The molecule has 3 rings (SSSR count). The van der Waals surface area contributed by atoms with Crippen LogP contribution in [0.2, 0.25) is 5.02 Å². The minimum atomic E-state index is -0.489. The van der Waals surface area contributed by atoms with E-state index in [2.05, 4.69) is 10.3 Å². The number of thioether (sulfide) groups is 1. The van der Waals surface area contributed by atoms with Gasteiger partial charge >= 0.3 is 0 Å². The predicted molar refractivity (Wildman–Crippen MR) is 101 cm³/mol. The van der Waals surface area contributed by atoms with Gasteiger partial charge in [-0.2, -0.15) is 0 Å². The van der Waals surface area contributed by atoms with Crippen molar-refractivity contribution >= 4 is 40.6 Å². The van der Waals surface area contributed by atoms with E-state index in [1.54, 1.807) is 18.5 Å². The number of non-ortho nitro benzene ring substituents is 1. The summed E-state index contributed by atoms with van der Waals surface area (Å²) in [5.41, 5.74) is 1.33. The summed E-state index contributed by atoms with van der Waals surface area (Å²) in [6, 6.07) is 13.0. The molecular formula is C17H13ClN4O3S. The van der Waals surface area contributed by atoms with Crippen LogP contribution in [0.5, 0.6) is 0 Å². The Balaban J connectivity index is 1.62. The Morgan fingerprint density at radius 1 is 1.27 bits per heavy atom. The van der Waals surface area contributed by atoms with E-state index >= 15 is 0 Å². The molecule has 0 aliphatic heterocycles. The topological polar surface area (TPSA) is 90.1 Å². The van der Waals surface area contributed by atoms with E-state index < -0.39 is 4.92 Å². The molecule has 0 spiro atoms. The largest absolute Gasteiger partial charge is 0.325 e. The van der Waals surface area contributed by atoms with Gasteiger partial charge in [0.15, 0.2) is 5.16 Å². The van der Waals surface area contributed by atoms with Gasteiger partial charge < -0.3 is 5.32 Å². The van der Waals surface area contributed by atoms with Gasteiger partial charge in [-0.05, 0) is 30.3 Å². The number of hydrogen-bond acceptors (Lipinski definition) is 5. The Morgan fingerprint density at radius 3 is 2.73 bits per heavy atom. The van der Waals surface area contributed by atoms with Crippen LogP contribution >= 0.6 is 23.4 Å². The highest BCUT2D eigenvalue weighted by molar-refractivity contribution is 7.99. The van der Waals surface area contributed by atoms with Crippen LogP contribution in [0.4, 0.5) is 11.4 Å². The lowest BCUT2D eigenvalue weighted by molar-refractivity contribution is -0.384. The van der Waals surface area contributed by atoms with E-state index in [0.717, 1.165) is 5.69 Å². The van der Waals surface area contributed by atoms with Crippen LogP contribution in [0.1, 0.15) is 0 Å². The average Bonchev–Trinajstić information content (AvgIpc) is 3.09. The summed E-state index contributed by atoms with van der Waals surface area (Å²) in [7, 11) is 0. The molecule has 26 heavy (non-hydrogen) atoms. The first-order valence-corrected chi connectivity index (χ1v) is 8.86. The van der Waals surface area contributed by atoms with Gasteiger partial charge in [0.05, 0.1) is 10.7 Å². The zero-order chi connectivity index (χ0) is 18.5. The van der Waals surface area contributed by atoms with Crippen molar-refractivity contribution in [2.75, 3.05) is 11.1 Å². The highest BCUT2D eigenvalue weighted by Gasteiger charge is 2.10.